The van der Waals surface area contributed by atoms with Gasteiger partial charge in [0.2, 0.25) is 0 Å². The Hall–Kier alpha value is -2.58. The predicted molar refractivity (Wildman–Crippen MR) is 157 cm³/mol. The second-order valence-electron chi connectivity index (χ2n) is 9.74. The van der Waals surface area contributed by atoms with Crippen molar-refractivity contribution < 1.29 is 9.53 Å². The highest BCUT2D eigenvalue weighted by atomic mass is 32.2. The molecule has 1 saturated heterocycles. The lowest BCUT2D eigenvalue weighted by Gasteiger charge is -2.30. The van der Waals surface area contributed by atoms with Crippen molar-refractivity contribution in [2.45, 2.75) is 63.8 Å². The van der Waals surface area contributed by atoms with Gasteiger partial charge in [-0.2, -0.15) is 0 Å². The van der Waals surface area contributed by atoms with E-state index in [0.29, 0.717) is 0 Å². The molecule has 2 aromatic carbocycles. The first-order chi connectivity index (χ1) is 17.9. The van der Waals surface area contributed by atoms with Gasteiger partial charge < -0.3 is 14.5 Å². The van der Waals surface area contributed by atoms with Crippen molar-refractivity contribution in [3.05, 3.63) is 51.9 Å². The number of carbonyl (C=O) groups is 1. The molecule has 0 unspecified atom stereocenters. The highest BCUT2D eigenvalue weighted by Crippen LogP contribution is 2.51. The van der Waals surface area contributed by atoms with E-state index in [2.05, 4.69) is 54.8 Å². The molecule has 8 heteroatoms. The van der Waals surface area contributed by atoms with E-state index >= 15 is 0 Å². The van der Waals surface area contributed by atoms with Crippen molar-refractivity contribution in [2.24, 2.45) is 4.99 Å². The molecule has 2 aliphatic heterocycles. The zero-order chi connectivity index (χ0) is 26.1. The Bertz CT molecular complexity index is 1250. The van der Waals surface area contributed by atoms with Crippen LogP contribution >= 0.6 is 23.5 Å². The van der Waals surface area contributed by atoms with E-state index in [1.165, 1.54) is 23.9 Å². The van der Waals surface area contributed by atoms with Crippen LogP contribution in [0, 0.1) is 6.92 Å². The van der Waals surface area contributed by atoms with Crippen LogP contribution in [0.25, 0.3) is 0 Å². The highest BCUT2D eigenvalue weighted by Gasteiger charge is 2.42. The molecule has 5 rings (SSSR count). The van der Waals surface area contributed by atoms with Crippen LogP contribution in [0.15, 0.2) is 56.2 Å². The molecule has 1 amide bonds. The Balaban J connectivity index is 1.53. The summed E-state index contributed by atoms with van der Waals surface area (Å²) in [6.07, 6.45) is 5.64. The molecule has 6 nitrogen and oxygen atoms in total. The average Bonchev–Trinajstić information content (AvgIpc) is 3.42. The van der Waals surface area contributed by atoms with E-state index in [9.17, 15) is 4.79 Å². The minimum absolute atomic E-state index is 0.0854. The molecular weight excluding hydrogens is 500 g/mol. The summed E-state index contributed by atoms with van der Waals surface area (Å²) in [6.45, 7) is 8.41. The lowest BCUT2D eigenvalue weighted by molar-refractivity contribution is -0.124. The Morgan fingerprint density at radius 2 is 1.81 bits per heavy atom. The number of aryl methyl sites for hydroxylation is 1. The Morgan fingerprint density at radius 3 is 2.49 bits per heavy atom. The van der Waals surface area contributed by atoms with E-state index < -0.39 is 0 Å². The maximum Gasteiger partial charge on any atom is 0.269 e. The summed E-state index contributed by atoms with van der Waals surface area (Å²) in [7, 11) is 3.71. The summed E-state index contributed by atoms with van der Waals surface area (Å²) in [5.41, 5.74) is 4.34. The lowest BCUT2D eigenvalue weighted by atomic mass is 9.94. The van der Waals surface area contributed by atoms with Crippen LogP contribution in [-0.2, 0) is 4.79 Å². The van der Waals surface area contributed by atoms with Crippen molar-refractivity contribution in [1.29, 1.82) is 0 Å². The number of rotatable bonds is 6. The maximum atomic E-state index is 14.0. The summed E-state index contributed by atoms with van der Waals surface area (Å²) in [4.78, 5) is 27.5. The summed E-state index contributed by atoms with van der Waals surface area (Å²) in [5, 5.41) is 1.78. The number of anilines is 2. The number of thioether (sulfide) groups is 2. The quantitative estimate of drug-likeness (QED) is 0.365. The van der Waals surface area contributed by atoms with Gasteiger partial charge >= 0.3 is 0 Å². The molecule has 3 aliphatic rings. The molecule has 2 heterocycles. The lowest BCUT2D eigenvalue weighted by Crippen LogP contribution is -2.40. The molecule has 0 atom stereocenters. The third-order valence-electron chi connectivity index (χ3n) is 7.51. The SMILES string of the molecule is CCN(CC)c1ccc(N=C2SC(=C3Sc4ccc(OC)cc4N3C)C(=O)N2C2CCCCC2)c(C)c1. The molecule has 2 aromatic rings. The molecule has 196 valence electrons. The fourth-order valence-electron chi connectivity index (χ4n) is 5.36. The van der Waals surface area contributed by atoms with Crippen LogP contribution in [0.1, 0.15) is 51.5 Å². The van der Waals surface area contributed by atoms with E-state index in [4.69, 9.17) is 9.73 Å². The highest BCUT2D eigenvalue weighted by molar-refractivity contribution is 8.19. The molecular formula is C29H36N4O2S2. The van der Waals surface area contributed by atoms with Crippen molar-refractivity contribution in [2.75, 3.05) is 37.0 Å². The largest absolute Gasteiger partial charge is 0.497 e. The van der Waals surface area contributed by atoms with Crippen LogP contribution in [0.3, 0.4) is 0 Å². The number of nitrogens with zero attached hydrogens (tertiary/aromatic N) is 4. The number of ether oxygens (including phenoxy) is 1. The Labute approximate surface area is 229 Å². The van der Waals surface area contributed by atoms with Gasteiger partial charge in [-0.1, -0.05) is 31.0 Å². The Morgan fingerprint density at radius 1 is 1.05 bits per heavy atom. The first kappa shape index (κ1) is 26.0. The van der Waals surface area contributed by atoms with Crippen LogP contribution in [-0.4, -0.2) is 49.3 Å². The zero-order valence-corrected chi connectivity index (χ0v) is 24.0. The van der Waals surface area contributed by atoms with E-state index in [-0.39, 0.29) is 11.9 Å². The first-order valence-corrected chi connectivity index (χ1v) is 14.9. The number of carbonyl (C=O) groups excluding carboxylic acids is 1. The van der Waals surface area contributed by atoms with Gasteiger partial charge in [0.05, 0.1) is 23.5 Å². The van der Waals surface area contributed by atoms with Gasteiger partial charge in [0.1, 0.15) is 10.7 Å². The number of fused-ring (bicyclic) bond motifs is 1. The predicted octanol–water partition coefficient (Wildman–Crippen LogP) is 7.16. The molecule has 0 aromatic heterocycles. The minimum atomic E-state index is 0.0854. The number of methoxy groups -OCH3 is 1. The first-order valence-electron chi connectivity index (χ1n) is 13.2. The normalized spacial score (nSPS) is 21.2. The number of amidine groups is 1. The van der Waals surface area contributed by atoms with Gasteiger partial charge in [0, 0.05) is 42.8 Å². The third-order valence-corrected chi connectivity index (χ3v) is 9.92. The summed E-state index contributed by atoms with van der Waals surface area (Å²) >= 11 is 3.18. The molecule has 1 aliphatic carbocycles. The average molecular weight is 537 g/mol. The van der Waals surface area contributed by atoms with Crippen LogP contribution < -0.4 is 14.5 Å². The van der Waals surface area contributed by atoms with Crippen molar-refractivity contribution in [3.63, 3.8) is 0 Å². The van der Waals surface area contributed by atoms with Gasteiger partial charge in [-0.3, -0.25) is 9.69 Å². The Kier molecular flexibility index (Phi) is 7.77. The van der Waals surface area contributed by atoms with Crippen molar-refractivity contribution in [1.82, 2.24) is 4.90 Å². The molecule has 0 radical (unpaired) electrons. The van der Waals surface area contributed by atoms with Crippen molar-refractivity contribution in [3.8, 4) is 5.75 Å². The second kappa shape index (κ2) is 11.0. The minimum Gasteiger partial charge on any atom is -0.497 e. The van der Waals surface area contributed by atoms with Crippen LogP contribution in [0.5, 0.6) is 5.75 Å². The van der Waals surface area contributed by atoms with Gasteiger partial charge in [0.25, 0.3) is 5.91 Å². The van der Waals surface area contributed by atoms with Crippen LogP contribution in [0.4, 0.5) is 17.1 Å². The zero-order valence-electron chi connectivity index (χ0n) is 22.4. The van der Waals surface area contributed by atoms with Crippen LogP contribution in [0.2, 0.25) is 0 Å². The molecule has 0 N–H and O–H groups in total. The monoisotopic (exact) mass is 536 g/mol. The fraction of sp³-hybridized carbons (Fsp3) is 0.448. The fourth-order valence-corrected chi connectivity index (χ4v) is 7.74. The number of aliphatic imine (C=N–C) groups is 1. The van der Waals surface area contributed by atoms with E-state index in [0.717, 1.165) is 81.5 Å². The maximum absolute atomic E-state index is 14.0. The standard InChI is InChI=1S/C29H36N4O2S2/c1-6-32(7-2)21-13-15-23(19(3)17-21)30-29-33(20-11-9-8-10-12-20)27(34)26(37-29)28-31(4)24-18-22(35-5)14-16-25(24)36-28/h13-18,20H,6-12H2,1-5H3. The summed E-state index contributed by atoms with van der Waals surface area (Å²) in [5.74, 6) is 0.903. The number of hydrogen-bond acceptors (Lipinski definition) is 7. The molecule has 2 fully saturated rings. The van der Waals surface area contributed by atoms with E-state index in [1.807, 2.05) is 24.1 Å². The van der Waals surface area contributed by atoms with Gasteiger partial charge in [0.15, 0.2) is 5.17 Å². The second-order valence-corrected chi connectivity index (χ2v) is 11.7. The van der Waals surface area contributed by atoms with Gasteiger partial charge in [-0.25, -0.2) is 4.99 Å². The summed E-state index contributed by atoms with van der Waals surface area (Å²) < 4.78 is 5.44. The van der Waals surface area contributed by atoms with Gasteiger partial charge in [-0.05, 0) is 81.3 Å². The molecule has 0 spiro atoms. The molecule has 0 bridgehead atoms. The smallest absolute Gasteiger partial charge is 0.269 e. The third kappa shape index (κ3) is 4.98. The van der Waals surface area contributed by atoms with Crippen molar-refractivity contribution >= 4 is 51.7 Å². The topological polar surface area (TPSA) is 48.4 Å². The van der Waals surface area contributed by atoms with E-state index in [1.54, 1.807) is 18.9 Å². The number of hydrogen-bond donors (Lipinski definition) is 0. The molecule has 37 heavy (non-hydrogen) atoms. The summed E-state index contributed by atoms with van der Waals surface area (Å²) in [6, 6.07) is 12.8. The number of amides is 1. The van der Waals surface area contributed by atoms with Gasteiger partial charge in [-0.15, -0.1) is 0 Å². The number of benzene rings is 2. The molecule has 1 saturated carbocycles.